The van der Waals surface area contributed by atoms with Crippen molar-refractivity contribution in [2.24, 2.45) is 17.4 Å². The van der Waals surface area contributed by atoms with Gasteiger partial charge in [0.05, 0.1) is 12.1 Å². The van der Waals surface area contributed by atoms with Crippen LogP contribution in [0.4, 0.5) is 0 Å². The van der Waals surface area contributed by atoms with Crippen LogP contribution in [-0.4, -0.2) is 49.6 Å². The SMILES string of the molecule is COc1cc(C(=O)N2CCC(C(C)N)CC2)cc(Cl)c1OCC(N)=O.Cl. The molecule has 26 heavy (non-hydrogen) atoms. The minimum atomic E-state index is -0.629. The molecule has 1 aromatic rings. The minimum Gasteiger partial charge on any atom is -0.493 e. The summed E-state index contributed by atoms with van der Waals surface area (Å²) in [6, 6.07) is 3.20. The number of hydrogen-bond acceptors (Lipinski definition) is 5. The van der Waals surface area contributed by atoms with Crippen molar-refractivity contribution >= 4 is 35.8 Å². The number of benzene rings is 1. The van der Waals surface area contributed by atoms with Crippen molar-refractivity contribution in [3.8, 4) is 11.5 Å². The van der Waals surface area contributed by atoms with Gasteiger partial charge in [-0.2, -0.15) is 0 Å². The van der Waals surface area contributed by atoms with E-state index in [1.165, 1.54) is 13.2 Å². The summed E-state index contributed by atoms with van der Waals surface area (Å²) in [4.78, 5) is 25.4. The fourth-order valence-corrected chi connectivity index (χ4v) is 3.20. The smallest absolute Gasteiger partial charge is 0.255 e. The van der Waals surface area contributed by atoms with Crippen LogP contribution in [0.25, 0.3) is 0 Å². The number of likely N-dealkylation sites (tertiary alicyclic amines) is 1. The summed E-state index contributed by atoms with van der Waals surface area (Å²) in [5.74, 6) is 0.157. The van der Waals surface area contributed by atoms with Crippen LogP contribution in [-0.2, 0) is 4.79 Å². The van der Waals surface area contributed by atoms with Crippen molar-refractivity contribution < 1.29 is 19.1 Å². The predicted molar refractivity (Wildman–Crippen MR) is 102 cm³/mol. The molecular formula is C17H25Cl2N3O4. The lowest BCUT2D eigenvalue weighted by atomic mass is 9.90. The van der Waals surface area contributed by atoms with Crippen LogP contribution >= 0.6 is 24.0 Å². The molecule has 1 saturated heterocycles. The number of halogens is 2. The molecule has 1 unspecified atom stereocenters. The fourth-order valence-electron chi connectivity index (χ4n) is 2.94. The Balaban J connectivity index is 0.00000338. The number of amides is 2. The first-order valence-corrected chi connectivity index (χ1v) is 8.54. The average molecular weight is 406 g/mol. The molecule has 4 N–H and O–H groups in total. The van der Waals surface area contributed by atoms with E-state index in [2.05, 4.69) is 0 Å². The monoisotopic (exact) mass is 405 g/mol. The van der Waals surface area contributed by atoms with Gasteiger partial charge in [0.2, 0.25) is 0 Å². The maximum atomic E-state index is 12.7. The second-order valence-electron chi connectivity index (χ2n) is 6.23. The lowest BCUT2D eigenvalue weighted by Gasteiger charge is -2.33. The van der Waals surface area contributed by atoms with Crippen LogP contribution in [0.2, 0.25) is 5.02 Å². The molecule has 1 aliphatic heterocycles. The average Bonchev–Trinajstić information content (AvgIpc) is 2.59. The number of carbonyl (C=O) groups excluding carboxylic acids is 2. The maximum absolute atomic E-state index is 12.7. The number of nitrogens with zero attached hydrogens (tertiary/aromatic N) is 1. The fraction of sp³-hybridized carbons (Fsp3) is 0.529. The second kappa shape index (κ2) is 9.85. The molecule has 9 heteroatoms. The molecule has 0 aromatic heterocycles. The Morgan fingerprint density at radius 2 is 1.96 bits per heavy atom. The standard InChI is InChI=1S/C17H24ClN3O4.ClH/c1-10(19)11-3-5-21(6-4-11)17(23)12-7-13(18)16(14(8-12)24-2)25-9-15(20)22;/h7-8,10-11H,3-6,9,19H2,1-2H3,(H2,20,22);1H. The third-order valence-electron chi connectivity index (χ3n) is 4.41. The van der Waals surface area contributed by atoms with Crippen molar-refractivity contribution in [2.45, 2.75) is 25.8 Å². The summed E-state index contributed by atoms with van der Waals surface area (Å²) in [5.41, 5.74) is 11.4. The Labute approximate surface area is 164 Å². The molecule has 0 bridgehead atoms. The highest BCUT2D eigenvalue weighted by Crippen LogP contribution is 2.37. The van der Waals surface area contributed by atoms with Crippen LogP contribution in [0.15, 0.2) is 12.1 Å². The van der Waals surface area contributed by atoms with Gasteiger partial charge in [0.25, 0.3) is 11.8 Å². The highest BCUT2D eigenvalue weighted by atomic mass is 35.5. The number of primary amides is 1. The Kier molecular flexibility index (Phi) is 8.46. The van der Waals surface area contributed by atoms with E-state index in [-0.39, 0.29) is 47.5 Å². The van der Waals surface area contributed by atoms with Crippen LogP contribution in [0, 0.1) is 5.92 Å². The van der Waals surface area contributed by atoms with Crippen LogP contribution < -0.4 is 20.9 Å². The third kappa shape index (κ3) is 5.40. The molecule has 7 nitrogen and oxygen atoms in total. The Bertz CT molecular complexity index is 647. The van der Waals surface area contributed by atoms with Crippen LogP contribution in [0.5, 0.6) is 11.5 Å². The van der Waals surface area contributed by atoms with Gasteiger partial charge in [-0.15, -0.1) is 12.4 Å². The molecule has 0 radical (unpaired) electrons. The van der Waals surface area contributed by atoms with Crippen molar-refractivity contribution in [3.63, 3.8) is 0 Å². The van der Waals surface area contributed by atoms with Crippen molar-refractivity contribution in [1.82, 2.24) is 4.90 Å². The number of piperidine rings is 1. The molecule has 2 amide bonds. The molecule has 1 heterocycles. The lowest BCUT2D eigenvalue weighted by Crippen LogP contribution is -2.42. The highest BCUT2D eigenvalue weighted by molar-refractivity contribution is 6.32. The van der Waals surface area contributed by atoms with Gasteiger partial charge in [-0.25, -0.2) is 0 Å². The summed E-state index contributed by atoms with van der Waals surface area (Å²) in [6.07, 6.45) is 1.77. The van der Waals surface area contributed by atoms with E-state index in [0.717, 1.165) is 12.8 Å². The van der Waals surface area contributed by atoms with Crippen molar-refractivity contribution in [3.05, 3.63) is 22.7 Å². The minimum absolute atomic E-state index is 0. The maximum Gasteiger partial charge on any atom is 0.255 e. The highest BCUT2D eigenvalue weighted by Gasteiger charge is 2.26. The van der Waals surface area contributed by atoms with Gasteiger partial charge in [0, 0.05) is 24.7 Å². The molecule has 1 aliphatic rings. The van der Waals surface area contributed by atoms with Gasteiger partial charge < -0.3 is 25.8 Å². The molecule has 1 aromatic carbocycles. The van der Waals surface area contributed by atoms with E-state index >= 15 is 0 Å². The molecule has 1 fully saturated rings. The van der Waals surface area contributed by atoms with Gasteiger partial charge in [-0.1, -0.05) is 11.6 Å². The normalized spacial score (nSPS) is 15.8. The number of methoxy groups -OCH3 is 1. The lowest BCUT2D eigenvalue weighted by molar-refractivity contribution is -0.119. The van der Waals surface area contributed by atoms with E-state index < -0.39 is 5.91 Å². The topological polar surface area (TPSA) is 108 Å². The largest absolute Gasteiger partial charge is 0.493 e. The number of rotatable bonds is 6. The summed E-state index contributed by atoms with van der Waals surface area (Å²) >= 11 is 6.20. The van der Waals surface area contributed by atoms with E-state index in [0.29, 0.717) is 24.6 Å². The van der Waals surface area contributed by atoms with Crippen LogP contribution in [0.1, 0.15) is 30.1 Å². The third-order valence-corrected chi connectivity index (χ3v) is 4.69. The summed E-state index contributed by atoms with van der Waals surface area (Å²) in [7, 11) is 1.44. The molecule has 146 valence electrons. The number of hydrogen-bond donors (Lipinski definition) is 2. The van der Waals surface area contributed by atoms with Crippen molar-refractivity contribution in [2.75, 3.05) is 26.8 Å². The molecule has 0 aliphatic carbocycles. The van der Waals surface area contributed by atoms with E-state index in [4.69, 9.17) is 32.5 Å². The summed E-state index contributed by atoms with van der Waals surface area (Å²) in [5, 5.41) is 0.189. The molecular weight excluding hydrogens is 381 g/mol. The number of carbonyl (C=O) groups is 2. The first-order chi connectivity index (χ1) is 11.8. The predicted octanol–water partition coefficient (Wildman–Crippen LogP) is 1.83. The number of nitrogens with two attached hydrogens (primary N) is 2. The Hall–Kier alpha value is -1.70. The first-order valence-electron chi connectivity index (χ1n) is 8.17. The summed E-state index contributed by atoms with van der Waals surface area (Å²) < 4.78 is 10.5. The Morgan fingerprint density at radius 1 is 1.35 bits per heavy atom. The van der Waals surface area contributed by atoms with E-state index in [1.54, 1.807) is 11.0 Å². The van der Waals surface area contributed by atoms with Crippen LogP contribution in [0.3, 0.4) is 0 Å². The van der Waals surface area contributed by atoms with Gasteiger partial charge in [-0.05, 0) is 37.8 Å². The van der Waals surface area contributed by atoms with Gasteiger partial charge in [-0.3, -0.25) is 9.59 Å². The van der Waals surface area contributed by atoms with Gasteiger partial charge >= 0.3 is 0 Å². The zero-order valence-corrected chi connectivity index (χ0v) is 16.4. The summed E-state index contributed by atoms with van der Waals surface area (Å²) in [6.45, 7) is 2.99. The number of ether oxygens (including phenoxy) is 2. The molecule has 2 rings (SSSR count). The van der Waals surface area contributed by atoms with E-state index in [9.17, 15) is 9.59 Å². The zero-order valence-electron chi connectivity index (χ0n) is 14.9. The first kappa shape index (κ1) is 22.3. The second-order valence-corrected chi connectivity index (χ2v) is 6.64. The van der Waals surface area contributed by atoms with Crippen molar-refractivity contribution in [1.29, 1.82) is 0 Å². The Morgan fingerprint density at radius 3 is 2.46 bits per heavy atom. The van der Waals surface area contributed by atoms with Gasteiger partial charge in [0.15, 0.2) is 18.1 Å². The quantitative estimate of drug-likeness (QED) is 0.750. The van der Waals surface area contributed by atoms with Gasteiger partial charge in [0.1, 0.15) is 0 Å². The molecule has 0 spiro atoms. The zero-order chi connectivity index (χ0) is 18.6. The van der Waals surface area contributed by atoms with E-state index in [1.807, 2.05) is 6.92 Å². The molecule has 1 atom stereocenters. The molecule has 0 saturated carbocycles.